The molecule has 38 heavy (non-hydrogen) atoms. The van der Waals surface area contributed by atoms with Crippen LogP contribution in [0.15, 0.2) is 48.5 Å². The first kappa shape index (κ1) is 30.3. The minimum atomic E-state index is -4.01. The van der Waals surface area contributed by atoms with Crippen LogP contribution in [-0.4, -0.2) is 6.15 Å². The Morgan fingerprint density at radius 2 is 0.421 bits per heavy atom. The first-order valence-electron chi connectivity index (χ1n) is 10.0. The minimum absolute atomic E-state index is 0. The van der Waals surface area contributed by atoms with Gasteiger partial charge in [0.05, 0.1) is 0 Å². The summed E-state index contributed by atoms with van der Waals surface area (Å²) in [7, 11) is 0. The Hall–Kier alpha value is -2.26. The van der Waals surface area contributed by atoms with E-state index in [1.165, 1.54) is 0 Å². The van der Waals surface area contributed by atoms with Gasteiger partial charge in [-0.1, -0.05) is 48.5 Å². The van der Waals surface area contributed by atoms with Gasteiger partial charge in [0.1, 0.15) is 6.15 Å². The van der Waals surface area contributed by atoms with Gasteiger partial charge in [-0.2, -0.15) is 21.9 Å². The molecule has 0 saturated carbocycles. The van der Waals surface area contributed by atoms with Crippen LogP contribution >= 0.6 is 0 Å². The van der Waals surface area contributed by atoms with Gasteiger partial charge in [0.25, 0.3) is 0 Å². The summed E-state index contributed by atoms with van der Waals surface area (Å²) < 4.78 is 170. The van der Waals surface area contributed by atoms with Gasteiger partial charge < -0.3 is 0 Å². The van der Waals surface area contributed by atoms with E-state index in [0.29, 0.717) is 0 Å². The zero-order valence-electron chi connectivity index (χ0n) is 18.7. The Bertz CT molecular complexity index is 1240. The number of hydrogen-bond acceptors (Lipinski definition) is 0. The van der Waals surface area contributed by atoms with E-state index >= 15 is 0 Å². The smallest absolute Gasteiger partial charge is 0.204 e. The van der Waals surface area contributed by atoms with Gasteiger partial charge in [0.2, 0.25) is 0 Å². The number of benzene rings is 4. The van der Waals surface area contributed by atoms with Crippen LogP contribution in [0.1, 0.15) is 0 Å². The van der Waals surface area contributed by atoms with Gasteiger partial charge in [-0.05, 0) is 0 Å². The molecule has 0 fully saturated rings. The molecule has 0 amide bonds. The molecular formula is C24H8BF12K. The third kappa shape index (κ3) is 4.92. The van der Waals surface area contributed by atoms with Gasteiger partial charge in [0, 0.05) is 0 Å². The summed E-state index contributed by atoms with van der Waals surface area (Å²) in [6.07, 6.45) is -4.01. The molecule has 0 spiro atoms. The van der Waals surface area contributed by atoms with E-state index in [1.54, 1.807) is 0 Å². The SMILES string of the molecule is Fc1cc([B-](c2cc(F)c(F)c(F)c2)(c2cc(F)c(F)c(F)c2)c2cc(F)c(F)c(F)c2)cc(F)c1F.[K+]. The molecule has 0 aromatic heterocycles. The third-order valence-electron chi connectivity index (χ3n) is 6.02. The van der Waals surface area contributed by atoms with Gasteiger partial charge in [-0.15, -0.1) is 0 Å². The molecule has 0 atom stereocenters. The third-order valence-corrected chi connectivity index (χ3v) is 6.02. The molecule has 0 N–H and O–H groups in total. The number of hydrogen-bond donors (Lipinski definition) is 0. The van der Waals surface area contributed by atoms with Crippen LogP contribution in [0.2, 0.25) is 0 Å². The Labute approximate surface area is 248 Å². The van der Waals surface area contributed by atoms with E-state index in [0.717, 1.165) is 0 Å². The Balaban J connectivity index is 0.00000400. The van der Waals surface area contributed by atoms with Crippen molar-refractivity contribution >= 4 is 28.0 Å². The van der Waals surface area contributed by atoms with Crippen molar-refractivity contribution in [1.29, 1.82) is 0 Å². The molecule has 14 heteroatoms. The van der Waals surface area contributed by atoms with Gasteiger partial charge in [-0.3, -0.25) is 0 Å². The van der Waals surface area contributed by atoms with Crippen LogP contribution < -0.4 is 73.2 Å². The summed E-state index contributed by atoms with van der Waals surface area (Å²) in [5.74, 6) is -24.0. The van der Waals surface area contributed by atoms with Gasteiger partial charge in [-0.25, -0.2) is 52.7 Å². The predicted octanol–water partition coefficient (Wildman–Crippen LogP) is 1.74. The Morgan fingerprint density at radius 1 is 0.289 bits per heavy atom. The minimum Gasteiger partial charge on any atom is -0.204 e. The Morgan fingerprint density at radius 3 is 0.553 bits per heavy atom. The molecule has 0 bridgehead atoms. The largest absolute Gasteiger partial charge is 1.00 e. The van der Waals surface area contributed by atoms with Crippen molar-refractivity contribution in [3.63, 3.8) is 0 Å². The predicted molar refractivity (Wildman–Crippen MR) is 110 cm³/mol. The molecule has 0 aliphatic carbocycles. The summed E-state index contributed by atoms with van der Waals surface area (Å²) >= 11 is 0. The second kappa shape index (κ2) is 11.1. The summed E-state index contributed by atoms with van der Waals surface area (Å²) in [4.78, 5) is 0. The standard InChI is InChI=1S/C24H8BF12.K/c26-13-1-9(2-14(27)21(13)34)25(10-3-15(28)22(35)16(29)4-10,11-5-17(30)23(36)18(31)6-11)12-7-19(32)24(37)20(33)8-12;/h1-8H;/q-1;+1. The van der Waals surface area contributed by atoms with Crippen molar-refractivity contribution in [3.8, 4) is 0 Å². The quantitative estimate of drug-likeness (QED) is 0.198. The van der Waals surface area contributed by atoms with Crippen molar-refractivity contribution in [2.75, 3.05) is 0 Å². The second-order valence-electron chi connectivity index (χ2n) is 8.06. The van der Waals surface area contributed by atoms with Crippen molar-refractivity contribution < 1.29 is 104 Å². The van der Waals surface area contributed by atoms with Crippen molar-refractivity contribution in [2.45, 2.75) is 0 Å². The fraction of sp³-hybridized carbons (Fsp3) is 0. The van der Waals surface area contributed by atoms with Crippen LogP contribution in [0.3, 0.4) is 0 Å². The summed E-state index contributed by atoms with van der Waals surface area (Å²) in [5.41, 5.74) is -3.79. The van der Waals surface area contributed by atoms with Crippen LogP contribution in [-0.2, 0) is 0 Å². The molecule has 0 nitrogen and oxygen atoms in total. The van der Waals surface area contributed by atoms with E-state index in [2.05, 4.69) is 0 Å². The number of rotatable bonds is 4. The summed E-state index contributed by atoms with van der Waals surface area (Å²) in [5, 5.41) is 0. The molecule has 0 saturated heterocycles. The van der Waals surface area contributed by atoms with Crippen LogP contribution in [0.4, 0.5) is 52.7 Å². The van der Waals surface area contributed by atoms with E-state index in [9.17, 15) is 52.7 Å². The van der Waals surface area contributed by atoms with E-state index in [-0.39, 0.29) is 99.9 Å². The van der Waals surface area contributed by atoms with E-state index in [4.69, 9.17) is 0 Å². The van der Waals surface area contributed by atoms with Crippen molar-refractivity contribution in [3.05, 3.63) is 118 Å². The molecule has 0 unspecified atom stereocenters. The fourth-order valence-corrected chi connectivity index (χ4v) is 4.46. The summed E-state index contributed by atoms with van der Waals surface area (Å²) in [6.45, 7) is 0. The second-order valence-corrected chi connectivity index (χ2v) is 8.06. The topological polar surface area (TPSA) is 0 Å². The number of halogens is 12. The molecule has 192 valence electrons. The normalized spacial score (nSPS) is 11.5. The Kier molecular flexibility index (Phi) is 8.83. The molecule has 4 rings (SSSR count). The van der Waals surface area contributed by atoms with Crippen molar-refractivity contribution in [2.24, 2.45) is 0 Å². The molecule has 0 heterocycles. The molecule has 4 aromatic carbocycles. The first-order chi connectivity index (χ1) is 17.3. The fourth-order valence-electron chi connectivity index (χ4n) is 4.46. The maximum Gasteiger partial charge on any atom is 1.00 e. The van der Waals surface area contributed by atoms with Crippen LogP contribution in [0, 0.1) is 69.8 Å². The van der Waals surface area contributed by atoms with Gasteiger partial charge >= 0.3 is 51.4 Å². The maximum atomic E-state index is 14.4. The zero-order chi connectivity index (χ0) is 27.4. The van der Waals surface area contributed by atoms with Crippen LogP contribution in [0.5, 0.6) is 0 Å². The molecule has 0 radical (unpaired) electrons. The van der Waals surface area contributed by atoms with Crippen molar-refractivity contribution in [1.82, 2.24) is 0 Å². The first-order valence-corrected chi connectivity index (χ1v) is 10.0. The molecule has 0 aliphatic heterocycles. The molecular weight excluding hydrogens is 566 g/mol. The van der Waals surface area contributed by atoms with E-state index in [1.807, 2.05) is 0 Å². The monoisotopic (exact) mass is 574 g/mol. The van der Waals surface area contributed by atoms with E-state index < -0.39 is 97.8 Å². The zero-order valence-corrected chi connectivity index (χ0v) is 21.9. The van der Waals surface area contributed by atoms with Crippen LogP contribution in [0.25, 0.3) is 0 Å². The maximum absolute atomic E-state index is 14.4. The average Bonchev–Trinajstić information content (AvgIpc) is 2.83. The molecule has 0 aliphatic rings. The molecule has 4 aromatic rings. The average molecular weight is 574 g/mol. The summed E-state index contributed by atoms with van der Waals surface area (Å²) in [6, 6.07) is 1.41. The van der Waals surface area contributed by atoms with Gasteiger partial charge in [0.15, 0.2) is 69.8 Å².